The van der Waals surface area contributed by atoms with E-state index in [1.165, 1.54) is 11.3 Å². The summed E-state index contributed by atoms with van der Waals surface area (Å²) in [5.41, 5.74) is 0.919. The average Bonchev–Trinajstić information content (AvgIpc) is 2.93. The third kappa shape index (κ3) is 3.53. The van der Waals surface area contributed by atoms with E-state index in [9.17, 15) is 4.79 Å². The maximum atomic E-state index is 12.4. The number of nitrogens with zero attached hydrogens (tertiary/aromatic N) is 4. The molecule has 1 atom stereocenters. The molecule has 116 valence electrons. The number of hydrogen-bond donors (Lipinski definition) is 1. The number of anilines is 2. The van der Waals surface area contributed by atoms with Gasteiger partial charge in [0.2, 0.25) is 5.91 Å². The number of rotatable bonds is 3. The highest BCUT2D eigenvalue weighted by atomic mass is 35.5. The molecule has 1 N–H and O–H groups in total. The van der Waals surface area contributed by atoms with Crippen LogP contribution in [0.1, 0.15) is 18.5 Å². The lowest BCUT2D eigenvalue weighted by molar-refractivity contribution is -0.120. The van der Waals surface area contributed by atoms with Crippen LogP contribution in [-0.4, -0.2) is 34.2 Å². The molecule has 0 saturated carbocycles. The maximum absolute atomic E-state index is 12.4. The second kappa shape index (κ2) is 6.58. The van der Waals surface area contributed by atoms with Gasteiger partial charge in [-0.05, 0) is 31.9 Å². The largest absolute Gasteiger partial charge is 0.354 e. The van der Waals surface area contributed by atoms with E-state index in [-0.39, 0.29) is 11.8 Å². The van der Waals surface area contributed by atoms with Crippen molar-refractivity contribution in [3.05, 3.63) is 28.4 Å². The fourth-order valence-corrected chi connectivity index (χ4v) is 3.29. The van der Waals surface area contributed by atoms with Crippen molar-refractivity contribution >= 4 is 39.8 Å². The fourth-order valence-electron chi connectivity index (χ4n) is 2.50. The third-order valence-corrected chi connectivity index (χ3v) is 4.66. The zero-order valence-corrected chi connectivity index (χ0v) is 13.7. The van der Waals surface area contributed by atoms with E-state index < -0.39 is 0 Å². The van der Waals surface area contributed by atoms with Gasteiger partial charge >= 0.3 is 0 Å². The minimum absolute atomic E-state index is 0.0148. The first-order valence-electron chi connectivity index (χ1n) is 7.09. The van der Waals surface area contributed by atoms with E-state index in [1.807, 2.05) is 18.4 Å². The molecule has 0 aromatic carbocycles. The summed E-state index contributed by atoms with van der Waals surface area (Å²) in [5.74, 6) is 0.698. The van der Waals surface area contributed by atoms with Crippen LogP contribution in [0.4, 0.5) is 10.9 Å². The predicted octanol–water partition coefficient (Wildman–Crippen LogP) is 2.75. The van der Waals surface area contributed by atoms with Gasteiger partial charge in [0.05, 0.1) is 11.6 Å². The van der Waals surface area contributed by atoms with Crippen LogP contribution < -0.4 is 10.2 Å². The lowest BCUT2D eigenvalue weighted by Gasteiger charge is -2.32. The first kappa shape index (κ1) is 15.2. The molecule has 1 aliphatic heterocycles. The monoisotopic (exact) mass is 337 g/mol. The Hall–Kier alpha value is -1.73. The van der Waals surface area contributed by atoms with Gasteiger partial charge in [0.1, 0.15) is 0 Å². The Labute approximate surface area is 137 Å². The van der Waals surface area contributed by atoms with E-state index in [0.29, 0.717) is 16.8 Å². The molecule has 0 radical (unpaired) electrons. The van der Waals surface area contributed by atoms with Gasteiger partial charge in [0.25, 0.3) is 0 Å². The van der Waals surface area contributed by atoms with Crippen LogP contribution in [0, 0.1) is 12.8 Å². The van der Waals surface area contributed by atoms with Crippen molar-refractivity contribution in [1.29, 1.82) is 0 Å². The van der Waals surface area contributed by atoms with Crippen LogP contribution >= 0.6 is 22.9 Å². The second-order valence-corrected chi connectivity index (χ2v) is 6.53. The Balaban J connectivity index is 1.64. The first-order chi connectivity index (χ1) is 10.6. The Morgan fingerprint density at radius 3 is 3.00 bits per heavy atom. The number of carbonyl (C=O) groups is 1. The number of thiazole rings is 1. The minimum Gasteiger partial charge on any atom is -0.354 e. The maximum Gasteiger partial charge on any atom is 0.231 e. The molecule has 1 fully saturated rings. The van der Waals surface area contributed by atoms with E-state index >= 15 is 0 Å². The fraction of sp³-hybridized carbons (Fsp3) is 0.429. The molecule has 22 heavy (non-hydrogen) atoms. The van der Waals surface area contributed by atoms with E-state index in [4.69, 9.17) is 11.6 Å². The summed E-state index contributed by atoms with van der Waals surface area (Å²) < 4.78 is 0. The number of aryl methyl sites for hydroxylation is 1. The summed E-state index contributed by atoms with van der Waals surface area (Å²) in [6.07, 6.45) is 1.81. The molecule has 1 unspecified atom stereocenters. The van der Waals surface area contributed by atoms with Gasteiger partial charge in [-0.25, -0.2) is 4.98 Å². The van der Waals surface area contributed by atoms with Crippen molar-refractivity contribution in [3.63, 3.8) is 0 Å². The van der Waals surface area contributed by atoms with Crippen LogP contribution in [0.15, 0.2) is 17.5 Å². The normalized spacial score (nSPS) is 18.3. The Bertz CT molecular complexity index is 660. The summed E-state index contributed by atoms with van der Waals surface area (Å²) >= 11 is 7.21. The molecule has 3 heterocycles. The van der Waals surface area contributed by atoms with Crippen molar-refractivity contribution < 1.29 is 4.79 Å². The van der Waals surface area contributed by atoms with E-state index in [2.05, 4.69) is 25.4 Å². The van der Waals surface area contributed by atoms with Crippen molar-refractivity contribution in [2.75, 3.05) is 23.3 Å². The number of piperidine rings is 1. The molecule has 1 saturated heterocycles. The smallest absolute Gasteiger partial charge is 0.231 e. The van der Waals surface area contributed by atoms with Gasteiger partial charge in [-0.2, -0.15) is 0 Å². The van der Waals surface area contributed by atoms with Crippen LogP contribution in [0.25, 0.3) is 0 Å². The van der Waals surface area contributed by atoms with Crippen molar-refractivity contribution in [2.24, 2.45) is 5.92 Å². The summed E-state index contributed by atoms with van der Waals surface area (Å²) in [5, 5.41) is 13.8. The SMILES string of the molecule is Cc1csc(NC(=O)C2CCCN(c3ccc(Cl)nn3)C2)n1. The van der Waals surface area contributed by atoms with Gasteiger partial charge in [0.15, 0.2) is 16.1 Å². The zero-order chi connectivity index (χ0) is 15.5. The standard InChI is InChI=1S/C14H16ClN5OS/c1-9-8-22-14(16-9)17-13(21)10-3-2-6-20(7-10)12-5-4-11(15)18-19-12/h4-5,8,10H,2-3,6-7H2,1H3,(H,16,17,21). The van der Waals surface area contributed by atoms with Crippen LogP contribution in [-0.2, 0) is 4.79 Å². The Morgan fingerprint density at radius 1 is 1.45 bits per heavy atom. The highest BCUT2D eigenvalue weighted by Gasteiger charge is 2.27. The number of aromatic nitrogens is 3. The molecular weight excluding hydrogens is 322 g/mol. The van der Waals surface area contributed by atoms with Crippen LogP contribution in [0.5, 0.6) is 0 Å². The lowest BCUT2D eigenvalue weighted by Crippen LogP contribution is -2.41. The Morgan fingerprint density at radius 2 is 2.32 bits per heavy atom. The van der Waals surface area contributed by atoms with Crippen molar-refractivity contribution in [1.82, 2.24) is 15.2 Å². The van der Waals surface area contributed by atoms with E-state index in [1.54, 1.807) is 6.07 Å². The molecule has 1 aliphatic rings. The highest BCUT2D eigenvalue weighted by Crippen LogP contribution is 2.23. The zero-order valence-electron chi connectivity index (χ0n) is 12.1. The molecule has 0 spiro atoms. The minimum atomic E-state index is -0.0737. The molecule has 0 bridgehead atoms. The third-order valence-electron chi connectivity index (χ3n) is 3.58. The van der Waals surface area contributed by atoms with Gasteiger partial charge in [-0.15, -0.1) is 21.5 Å². The number of halogens is 1. The number of hydrogen-bond acceptors (Lipinski definition) is 6. The first-order valence-corrected chi connectivity index (χ1v) is 8.35. The quantitative estimate of drug-likeness (QED) is 0.932. The molecular formula is C14H16ClN5OS. The second-order valence-electron chi connectivity index (χ2n) is 5.28. The molecule has 8 heteroatoms. The topological polar surface area (TPSA) is 71.0 Å². The van der Waals surface area contributed by atoms with E-state index in [0.717, 1.165) is 30.9 Å². The lowest BCUT2D eigenvalue weighted by atomic mass is 9.97. The summed E-state index contributed by atoms with van der Waals surface area (Å²) in [4.78, 5) is 18.7. The molecule has 6 nitrogen and oxygen atoms in total. The summed E-state index contributed by atoms with van der Waals surface area (Å²) in [7, 11) is 0. The predicted molar refractivity (Wildman–Crippen MR) is 87.5 cm³/mol. The van der Waals surface area contributed by atoms with Gasteiger partial charge in [-0.1, -0.05) is 11.6 Å². The van der Waals surface area contributed by atoms with Crippen molar-refractivity contribution in [3.8, 4) is 0 Å². The Kier molecular flexibility index (Phi) is 4.54. The summed E-state index contributed by atoms with van der Waals surface area (Å²) in [6, 6.07) is 3.55. The van der Waals surface area contributed by atoms with Crippen molar-refractivity contribution in [2.45, 2.75) is 19.8 Å². The average molecular weight is 338 g/mol. The van der Waals surface area contributed by atoms with Crippen LogP contribution in [0.3, 0.4) is 0 Å². The number of amides is 1. The highest BCUT2D eigenvalue weighted by molar-refractivity contribution is 7.13. The molecule has 2 aromatic heterocycles. The molecule has 2 aromatic rings. The van der Waals surface area contributed by atoms with Gasteiger partial charge < -0.3 is 10.2 Å². The molecule has 0 aliphatic carbocycles. The molecule has 3 rings (SSSR count). The van der Waals surface area contributed by atoms with Gasteiger partial charge in [0, 0.05) is 18.5 Å². The molecule has 1 amide bonds. The summed E-state index contributed by atoms with van der Waals surface area (Å²) in [6.45, 7) is 3.41. The number of carbonyl (C=O) groups excluding carboxylic acids is 1. The number of nitrogens with one attached hydrogen (secondary N) is 1. The van der Waals surface area contributed by atoms with Crippen LogP contribution in [0.2, 0.25) is 5.15 Å². The van der Waals surface area contributed by atoms with Gasteiger partial charge in [-0.3, -0.25) is 4.79 Å².